The van der Waals surface area contributed by atoms with Crippen molar-refractivity contribution in [2.75, 3.05) is 13.6 Å². The SMILES string of the molecule is CN(CC(=O)O)C(C(=O)O)c1ccccc1Cl. The topological polar surface area (TPSA) is 77.8 Å². The summed E-state index contributed by atoms with van der Waals surface area (Å²) in [5.74, 6) is -2.23. The normalized spacial score (nSPS) is 12.4. The molecule has 6 heteroatoms. The van der Waals surface area contributed by atoms with E-state index >= 15 is 0 Å². The Labute approximate surface area is 103 Å². The van der Waals surface area contributed by atoms with Gasteiger partial charge in [-0.15, -0.1) is 0 Å². The molecule has 1 unspecified atom stereocenters. The quantitative estimate of drug-likeness (QED) is 0.835. The number of carbonyl (C=O) groups is 2. The van der Waals surface area contributed by atoms with Gasteiger partial charge in [0.25, 0.3) is 0 Å². The highest BCUT2D eigenvalue weighted by Gasteiger charge is 2.27. The van der Waals surface area contributed by atoms with Gasteiger partial charge in [0.05, 0.1) is 6.54 Å². The second kappa shape index (κ2) is 5.65. The van der Waals surface area contributed by atoms with Crippen molar-refractivity contribution in [2.24, 2.45) is 0 Å². The Morgan fingerprint density at radius 3 is 2.41 bits per heavy atom. The Morgan fingerprint density at radius 2 is 1.94 bits per heavy atom. The average molecular weight is 258 g/mol. The van der Waals surface area contributed by atoms with Crippen LogP contribution in [-0.4, -0.2) is 40.6 Å². The molecular formula is C11H12ClNO4. The average Bonchev–Trinajstić information content (AvgIpc) is 2.19. The van der Waals surface area contributed by atoms with Crippen molar-refractivity contribution in [3.63, 3.8) is 0 Å². The lowest BCUT2D eigenvalue weighted by atomic mass is 10.1. The molecule has 17 heavy (non-hydrogen) atoms. The lowest BCUT2D eigenvalue weighted by Gasteiger charge is -2.23. The highest BCUT2D eigenvalue weighted by molar-refractivity contribution is 6.31. The van der Waals surface area contributed by atoms with Crippen LogP contribution in [0.5, 0.6) is 0 Å². The van der Waals surface area contributed by atoms with Gasteiger partial charge in [0.1, 0.15) is 6.04 Å². The number of rotatable bonds is 5. The van der Waals surface area contributed by atoms with Gasteiger partial charge in [0, 0.05) is 5.02 Å². The van der Waals surface area contributed by atoms with Gasteiger partial charge in [-0.05, 0) is 18.7 Å². The zero-order valence-corrected chi connectivity index (χ0v) is 9.89. The molecule has 0 aliphatic heterocycles. The maximum atomic E-state index is 11.2. The summed E-state index contributed by atoms with van der Waals surface area (Å²) in [6.07, 6.45) is 0. The summed E-state index contributed by atoms with van der Waals surface area (Å²) in [5, 5.41) is 18.1. The minimum atomic E-state index is -1.14. The fourth-order valence-electron chi connectivity index (χ4n) is 1.56. The van der Waals surface area contributed by atoms with E-state index in [1.54, 1.807) is 24.3 Å². The van der Waals surface area contributed by atoms with Crippen molar-refractivity contribution in [2.45, 2.75) is 6.04 Å². The van der Waals surface area contributed by atoms with Gasteiger partial charge in [-0.2, -0.15) is 0 Å². The third-order valence-electron chi connectivity index (χ3n) is 2.26. The number of carboxylic acid groups (broad SMARTS) is 2. The smallest absolute Gasteiger partial charge is 0.325 e. The van der Waals surface area contributed by atoms with Gasteiger partial charge in [-0.1, -0.05) is 29.8 Å². The van der Waals surface area contributed by atoms with E-state index in [0.29, 0.717) is 10.6 Å². The summed E-state index contributed by atoms with van der Waals surface area (Å²) in [5.41, 5.74) is 0.380. The van der Waals surface area contributed by atoms with Gasteiger partial charge in [-0.25, -0.2) is 0 Å². The number of benzene rings is 1. The van der Waals surface area contributed by atoms with Gasteiger partial charge in [0.2, 0.25) is 0 Å². The molecule has 0 bridgehead atoms. The summed E-state index contributed by atoms with van der Waals surface area (Å²) in [6, 6.07) is 5.41. The molecule has 5 nitrogen and oxygen atoms in total. The Morgan fingerprint density at radius 1 is 1.35 bits per heavy atom. The predicted molar refractivity (Wildman–Crippen MR) is 62.1 cm³/mol. The largest absolute Gasteiger partial charge is 0.480 e. The number of hydrogen-bond acceptors (Lipinski definition) is 3. The zero-order chi connectivity index (χ0) is 13.0. The molecule has 0 fully saturated rings. The van der Waals surface area contributed by atoms with Crippen LogP contribution in [-0.2, 0) is 9.59 Å². The molecule has 1 atom stereocenters. The van der Waals surface area contributed by atoms with Crippen molar-refractivity contribution in [1.82, 2.24) is 4.90 Å². The molecule has 1 aromatic rings. The number of hydrogen-bond donors (Lipinski definition) is 2. The molecule has 0 aromatic heterocycles. The van der Waals surface area contributed by atoms with E-state index in [1.165, 1.54) is 11.9 Å². The number of halogens is 1. The van der Waals surface area contributed by atoms with Crippen LogP contribution in [0.25, 0.3) is 0 Å². The van der Waals surface area contributed by atoms with Crippen molar-refractivity contribution >= 4 is 23.5 Å². The summed E-state index contributed by atoms with van der Waals surface area (Å²) in [7, 11) is 1.43. The molecular weight excluding hydrogens is 246 g/mol. The first-order valence-electron chi connectivity index (χ1n) is 4.82. The van der Waals surface area contributed by atoms with E-state index in [4.69, 9.17) is 21.8 Å². The predicted octanol–water partition coefficient (Wildman–Crippen LogP) is 1.48. The van der Waals surface area contributed by atoms with Gasteiger partial charge < -0.3 is 10.2 Å². The van der Waals surface area contributed by atoms with E-state index in [0.717, 1.165) is 0 Å². The second-order valence-corrected chi connectivity index (χ2v) is 3.98. The minimum absolute atomic E-state index is 0.303. The lowest BCUT2D eigenvalue weighted by Crippen LogP contribution is -2.34. The van der Waals surface area contributed by atoms with Gasteiger partial charge in [-0.3, -0.25) is 14.5 Å². The maximum absolute atomic E-state index is 11.2. The highest BCUT2D eigenvalue weighted by Crippen LogP contribution is 2.26. The molecule has 0 spiro atoms. The van der Waals surface area contributed by atoms with Crippen LogP contribution in [0, 0.1) is 0 Å². The third-order valence-corrected chi connectivity index (χ3v) is 2.60. The Kier molecular flexibility index (Phi) is 4.48. The molecule has 1 aromatic carbocycles. The first kappa shape index (κ1) is 13.5. The summed E-state index contributed by atoms with van der Waals surface area (Å²) >= 11 is 5.91. The van der Waals surface area contributed by atoms with Crippen LogP contribution in [0.4, 0.5) is 0 Å². The Bertz CT molecular complexity index is 435. The number of nitrogens with zero attached hydrogens (tertiary/aromatic N) is 1. The summed E-state index contributed by atoms with van der Waals surface area (Å²) < 4.78 is 0. The minimum Gasteiger partial charge on any atom is -0.480 e. The molecule has 0 saturated heterocycles. The Balaban J connectivity index is 3.06. The molecule has 0 saturated carbocycles. The first-order chi connectivity index (χ1) is 7.93. The van der Waals surface area contributed by atoms with Crippen LogP contribution in [0.1, 0.15) is 11.6 Å². The molecule has 0 aliphatic rings. The standard InChI is InChI=1S/C11H12ClNO4/c1-13(6-9(14)15)10(11(16)17)7-4-2-3-5-8(7)12/h2-5,10H,6H2,1H3,(H,14,15)(H,16,17). The van der Waals surface area contributed by atoms with E-state index in [1.807, 2.05) is 0 Å². The van der Waals surface area contributed by atoms with Crippen LogP contribution in [0.15, 0.2) is 24.3 Å². The van der Waals surface area contributed by atoms with E-state index < -0.39 is 18.0 Å². The monoisotopic (exact) mass is 257 g/mol. The molecule has 0 radical (unpaired) electrons. The molecule has 92 valence electrons. The van der Waals surface area contributed by atoms with Crippen molar-refractivity contribution in [1.29, 1.82) is 0 Å². The number of aliphatic carboxylic acids is 2. The van der Waals surface area contributed by atoms with Crippen LogP contribution >= 0.6 is 11.6 Å². The summed E-state index contributed by atoms with van der Waals surface area (Å²) in [6.45, 7) is -0.373. The maximum Gasteiger partial charge on any atom is 0.325 e. The van der Waals surface area contributed by atoms with E-state index in [9.17, 15) is 9.59 Å². The lowest BCUT2D eigenvalue weighted by molar-refractivity contribution is -0.145. The van der Waals surface area contributed by atoms with E-state index in [2.05, 4.69) is 0 Å². The zero-order valence-electron chi connectivity index (χ0n) is 9.13. The molecule has 2 N–H and O–H groups in total. The molecule has 1 rings (SSSR count). The molecule has 0 amide bonds. The van der Waals surface area contributed by atoms with Crippen LogP contribution in [0.2, 0.25) is 5.02 Å². The van der Waals surface area contributed by atoms with Crippen molar-refractivity contribution in [3.8, 4) is 0 Å². The van der Waals surface area contributed by atoms with Gasteiger partial charge >= 0.3 is 11.9 Å². The van der Waals surface area contributed by atoms with Crippen molar-refractivity contribution in [3.05, 3.63) is 34.9 Å². The highest BCUT2D eigenvalue weighted by atomic mass is 35.5. The Hall–Kier alpha value is -1.59. The number of likely N-dealkylation sites (N-methyl/N-ethyl adjacent to an activating group) is 1. The third kappa shape index (κ3) is 3.44. The molecule has 0 heterocycles. The summed E-state index contributed by atoms with van der Waals surface area (Å²) in [4.78, 5) is 23.0. The fraction of sp³-hybridized carbons (Fsp3) is 0.273. The van der Waals surface area contributed by atoms with Gasteiger partial charge in [0.15, 0.2) is 0 Å². The van der Waals surface area contributed by atoms with Crippen LogP contribution < -0.4 is 0 Å². The number of carboxylic acids is 2. The van der Waals surface area contributed by atoms with Crippen molar-refractivity contribution < 1.29 is 19.8 Å². The second-order valence-electron chi connectivity index (χ2n) is 3.57. The van der Waals surface area contributed by atoms with Crippen LogP contribution in [0.3, 0.4) is 0 Å². The first-order valence-corrected chi connectivity index (χ1v) is 5.20. The van der Waals surface area contributed by atoms with E-state index in [-0.39, 0.29) is 6.54 Å². The molecule has 0 aliphatic carbocycles. The fourth-order valence-corrected chi connectivity index (χ4v) is 1.80.